The van der Waals surface area contributed by atoms with Crippen molar-refractivity contribution in [1.29, 1.82) is 0 Å². The zero-order valence-corrected chi connectivity index (χ0v) is 14.5. The van der Waals surface area contributed by atoms with E-state index in [0.717, 1.165) is 35.7 Å². The second-order valence-corrected chi connectivity index (χ2v) is 7.58. The van der Waals surface area contributed by atoms with Crippen molar-refractivity contribution in [2.45, 2.75) is 45.4 Å². The Morgan fingerprint density at radius 2 is 2.05 bits per heavy atom. The van der Waals surface area contributed by atoms with Gasteiger partial charge in [-0.25, -0.2) is 9.97 Å². The summed E-state index contributed by atoms with van der Waals surface area (Å²) >= 11 is 1.65. The van der Waals surface area contributed by atoms with Crippen molar-refractivity contribution >= 4 is 27.4 Å². The first-order chi connectivity index (χ1) is 10.5. The van der Waals surface area contributed by atoms with Crippen LogP contribution in [0.1, 0.15) is 27.7 Å². The monoisotopic (exact) mass is 320 g/mol. The zero-order chi connectivity index (χ0) is 15.7. The lowest BCUT2D eigenvalue weighted by Crippen LogP contribution is -2.57. The van der Waals surface area contributed by atoms with E-state index < -0.39 is 0 Å². The van der Waals surface area contributed by atoms with Crippen molar-refractivity contribution in [2.24, 2.45) is 0 Å². The molecule has 120 valence electrons. The third kappa shape index (κ3) is 3.24. The average molecular weight is 320 g/mol. The lowest BCUT2D eigenvalue weighted by atomic mass is 10.00. The summed E-state index contributed by atoms with van der Waals surface area (Å²) in [5, 5.41) is 6.67. The van der Waals surface area contributed by atoms with Gasteiger partial charge in [0.1, 0.15) is 17.0 Å². The largest absolute Gasteiger partial charge is 0.373 e. The fourth-order valence-corrected chi connectivity index (χ4v) is 3.75. The first-order valence-electron chi connectivity index (χ1n) is 7.78. The maximum absolute atomic E-state index is 5.84. The number of hydrogen-bond acceptors (Lipinski definition) is 6. The normalized spacial score (nSPS) is 23.8. The molecule has 2 atom stereocenters. The van der Waals surface area contributed by atoms with Crippen LogP contribution in [0.3, 0.4) is 0 Å². The molecule has 2 aromatic rings. The van der Waals surface area contributed by atoms with Gasteiger partial charge in [0.05, 0.1) is 17.6 Å². The molecule has 22 heavy (non-hydrogen) atoms. The van der Waals surface area contributed by atoms with Crippen molar-refractivity contribution in [1.82, 2.24) is 14.9 Å². The number of hydrogen-bond donors (Lipinski definition) is 1. The van der Waals surface area contributed by atoms with Crippen LogP contribution >= 0.6 is 11.3 Å². The first kappa shape index (κ1) is 15.6. The number of ether oxygens (including phenoxy) is 1. The summed E-state index contributed by atoms with van der Waals surface area (Å²) in [4.78, 5) is 12.2. The van der Waals surface area contributed by atoms with Crippen LogP contribution < -0.4 is 5.32 Å². The molecule has 1 aliphatic rings. The van der Waals surface area contributed by atoms with Crippen molar-refractivity contribution in [3.05, 3.63) is 17.8 Å². The molecule has 1 fully saturated rings. The Kier molecular flexibility index (Phi) is 4.34. The summed E-state index contributed by atoms with van der Waals surface area (Å²) in [7, 11) is 0. The number of fused-ring (bicyclic) bond motifs is 1. The van der Waals surface area contributed by atoms with E-state index in [9.17, 15) is 0 Å². The van der Waals surface area contributed by atoms with Crippen LogP contribution in [0.4, 0.5) is 5.82 Å². The lowest BCUT2D eigenvalue weighted by molar-refractivity contribution is -0.0933. The van der Waals surface area contributed by atoms with Gasteiger partial charge in [0.2, 0.25) is 0 Å². The summed E-state index contributed by atoms with van der Waals surface area (Å²) in [6, 6.07) is 2.08. The topological polar surface area (TPSA) is 50.3 Å². The molecule has 0 spiro atoms. The summed E-state index contributed by atoms with van der Waals surface area (Å²) in [6.45, 7) is 11.6. The molecule has 1 N–H and O–H groups in total. The van der Waals surface area contributed by atoms with Crippen LogP contribution in [0.2, 0.25) is 0 Å². The molecule has 0 saturated carbocycles. The van der Waals surface area contributed by atoms with E-state index in [4.69, 9.17) is 4.74 Å². The standard InChI is InChI=1S/C16H24N4OS/c1-11-7-20(8-12(2)21-11)16(3,4)9-17-14-13-5-6-22-15(13)19-10-18-14/h5-6,10-12H,7-9H2,1-4H3,(H,17,18,19)/t11-,12-/m0/s1. The number of nitrogens with one attached hydrogen (secondary N) is 1. The summed E-state index contributed by atoms with van der Waals surface area (Å²) in [5.74, 6) is 0.925. The number of rotatable bonds is 4. The van der Waals surface area contributed by atoms with Crippen molar-refractivity contribution in [2.75, 3.05) is 25.0 Å². The molecule has 0 bridgehead atoms. The molecule has 0 amide bonds. The molecule has 1 aliphatic heterocycles. The molecule has 0 aliphatic carbocycles. The van der Waals surface area contributed by atoms with Crippen LogP contribution in [-0.2, 0) is 4.74 Å². The second kappa shape index (κ2) is 6.10. The minimum Gasteiger partial charge on any atom is -0.373 e. The maximum Gasteiger partial charge on any atom is 0.138 e. The molecule has 6 heteroatoms. The van der Waals surface area contributed by atoms with Gasteiger partial charge in [0.25, 0.3) is 0 Å². The molecule has 0 aromatic carbocycles. The minimum atomic E-state index is 0.0413. The van der Waals surface area contributed by atoms with E-state index in [1.54, 1.807) is 17.7 Å². The quantitative estimate of drug-likeness (QED) is 0.938. The van der Waals surface area contributed by atoms with E-state index in [2.05, 4.69) is 59.3 Å². The number of aromatic nitrogens is 2. The maximum atomic E-state index is 5.84. The van der Waals surface area contributed by atoms with Crippen LogP contribution in [-0.4, -0.2) is 52.2 Å². The van der Waals surface area contributed by atoms with Crippen LogP contribution in [0.25, 0.3) is 10.2 Å². The van der Waals surface area contributed by atoms with Gasteiger partial charge in [-0.1, -0.05) is 0 Å². The highest BCUT2D eigenvalue weighted by Crippen LogP contribution is 2.26. The summed E-state index contributed by atoms with van der Waals surface area (Å²) in [5.41, 5.74) is 0.0413. The van der Waals surface area contributed by atoms with Gasteiger partial charge >= 0.3 is 0 Å². The second-order valence-electron chi connectivity index (χ2n) is 6.69. The Balaban J connectivity index is 1.70. The van der Waals surface area contributed by atoms with Gasteiger partial charge in [0.15, 0.2) is 0 Å². The Bertz CT molecular complexity index is 632. The van der Waals surface area contributed by atoms with Gasteiger partial charge in [-0.2, -0.15) is 0 Å². The molecular formula is C16H24N4OS. The van der Waals surface area contributed by atoms with Crippen molar-refractivity contribution in [3.8, 4) is 0 Å². The fraction of sp³-hybridized carbons (Fsp3) is 0.625. The molecular weight excluding hydrogens is 296 g/mol. The molecule has 3 rings (SSSR count). The minimum absolute atomic E-state index is 0.0413. The first-order valence-corrected chi connectivity index (χ1v) is 8.66. The number of morpholine rings is 1. The van der Waals surface area contributed by atoms with E-state index >= 15 is 0 Å². The molecule has 2 aromatic heterocycles. The summed E-state index contributed by atoms with van der Waals surface area (Å²) < 4.78 is 5.84. The van der Waals surface area contributed by atoms with Gasteiger partial charge in [0, 0.05) is 25.2 Å². The number of nitrogens with zero attached hydrogens (tertiary/aromatic N) is 3. The summed E-state index contributed by atoms with van der Waals surface area (Å²) in [6.07, 6.45) is 2.20. The van der Waals surface area contributed by atoms with Crippen LogP contribution in [0.15, 0.2) is 17.8 Å². The third-order valence-electron chi connectivity index (χ3n) is 4.23. The Hall–Kier alpha value is -1.24. The van der Waals surface area contributed by atoms with Gasteiger partial charge in [-0.15, -0.1) is 11.3 Å². The predicted molar refractivity (Wildman–Crippen MR) is 91.6 cm³/mol. The Labute approximate surface area is 135 Å². The lowest BCUT2D eigenvalue weighted by Gasteiger charge is -2.45. The van der Waals surface area contributed by atoms with Gasteiger partial charge in [-0.05, 0) is 39.1 Å². The number of anilines is 1. The van der Waals surface area contributed by atoms with Crippen molar-refractivity contribution in [3.63, 3.8) is 0 Å². The van der Waals surface area contributed by atoms with Crippen molar-refractivity contribution < 1.29 is 4.74 Å². The number of thiophene rings is 1. The Morgan fingerprint density at radius 1 is 1.32 bits per heavy atom. The third-order valence-corrected chi connectivity index (χ3v) is 5.05. The highest BCUT2D eigenvalue weighted by molar-refractivity contribution is 7.16. The molecule has 5 nitrogen and oxygen atoms in total. The van der Waals surface area contributed by atoms with Crippen LogP contribution in [0.5, 0.6) is 0 Å². The smallest absolute Gasteiger partial charge is 0.138 e. The van der Waals surface area contributed by atoms with Crippen LogP contribution in [0, 0.1) is 0 Å². The van der Waals surface area contributed by atoms with E-state index in [1.165, 1.54) is 0 Å². The molecule has 1 saturated heterocycles. The molecule has 0 unspecified atom stereocenters. The SMILES string of the molecule is C[C@H]1CN(C(C)(C)CNc2ncnc3sccc23)C[C@H](C)O1. The average Bonchev–Trinajstić information content (AvgIpc) is 2.93. The van der Waals surface area contributed by atoms with Gasteiger partial charge < -0.3 is 10.1 Å². The van der Waals surface area contributed by atoms with E-state index in [-0.39, 0.29) is 17.7 Å². The molecule has 0 radical (unpaired) electrons. The molecule has 3 heterocycles. The predicted octanol–water partition coefficient (Wildman–Crippen LogP) is 2.99. The van der Waals surface area contributed by atoms with E-state index in [1.807, 2.05) is 0 Å². The Morgan fingerprint density at radius 3 is 2.77 bits per heavy atom. The van der Waals surface area contributed by atoms with E-state index in [0.29, 0.717) is 0 Å². The zero-order valence-electron chi connectivity index (χ0n) is 13.7. The fourth-order valence-electron chi connectivity index (χ4n) is 3.01. The van der Waals surface area contributed by atoms with Gasteiger partial charge in [-0.3, -0.25) is 4.90 Å². The highest BCUT2D eigenvalue weighted by Gasteiger charge is 2.33. The highest BCUT2D eigenvalue weighted by atomic mass is 32.1.